The second kappa shape index (κ2) is 9.80. The zero-order chi connectivity index (χ0) is 22.6. The van der Waals surface area contributed by atoms with E-state index in [1.54, 1.807) is 19.1 Å². The van der Waals surface area contributed by atoms with Gasteiger partial charge in [-0.1, -0.05) is 5.16 Å². The topological polar surface area (TPSA) is 115 Å². The first-order valence-corrected chi connectivity index (χ1v) is 12.8. The number of anilines is 1. The number of ether oxygens (including phenoxy) is 1. The molecular formula is C21H24N4O5S2. The molecule has 0 atom stereocenters. The molecule has 11 heteroatoms. The average molecular weight is 477 g/mol. The fraction of sp³-hybridized carbons (Fsp3) is 0.381. The molecule has 1 fully saturated rings. The summed E-state index contributed by atoms with van der Waals surface area (Å²) in [5.41, 5.74) is 1.26. The second-order valence-corrected chi connectivity index (χ2v) is 9.96. The highest BCUT2D eigenvalue weighted by Crippen LogP contribution is 2.31. The van der Waals surface area contributed by atoms with Crippen LogP contribution in [0.5, 0.6) is 5.75 Å². The van der Waals surface area contributed by atoms with Crippen molar-refractivity contribution in [1.82, 2.24) is 14.4 Å². The minimum atomic E-state index is -3.70. The summed E-state index contributed by atoms with van der Waals surface area (Å²) in [5, 5.41) is 10.5. The van der Waals surface area contributed by atoms with Crippen molar-refractivity contribution >= 4 is 33.0 Å². The number of amides is 1. The number of aromatic nitrogens is 2. The number of rotatable bonds is 9. The Hall–Kier alpha value is -2.76. The Morgan fingerprint density at radius 1 is 1.28 bits per heavy atom. The van der Waals surface area contributed by atoms with Gasteiger partial charge in [-0.05, 0) is 49.4 Å². The van der Waals surface area contributed by atoms with E-state index in [2.05, 4.69) is 15.5 Å². The fourth-order valence-corrected chi connectivity index (χ4v) is 5.75. The largest absolute Gasteiger partial charge is 0.492 e. The molecule has 3 aromatic rings. The maximum atomic E-state index is 13.1. The molecule has 0 spiro atoms. The van der Waals surface area contributed by atoms with E-state index in [1.807, 2.05) is 16.8 Å². The summed E-state index contributed by atoms with van der Waals surface area (Å²) in [6, 6.07) is 6.56. The second-order valence-electron chi connectivity index (χ2n) is 7.28. The number of hydrogen-bond donors (Lipinski definition) is 1. The van der Waals surface area contributed by atoms with Gasteiger partial charge in [0.2, 0.25) is 27.6 Å². The van der Waals surface area contributed by atoms with Crippen molar-refractivity contribution in [2.75, 3.05) is 25.0 Å². The summed E-state index contributed by atoms with van der Waals surface area (Å²) >= 11 is 1.54. The molecule has 0 unspecified atom stereocenters. The summed E-state index contributed by atoms with van der Waals surface area (Å²) in [6.45, 7) is 3.11. The molecule has 1 amide bonds. The first kappa shape index (κ1) is 22.4. The number of carbonyl (C=O) groups excluding carboxylic acids is 1. The lowest BCUT2D eigenvalue weighted by atomic mass is 10.2. The van der Waals surface area contributed by atoms with Gasteiger partial charge in [0.1, 0.15) is 10.6 Å². The van der Waals surface area contributed by atoms with Gasteiger partial charge in [0.25, 0.3) is 0 Å². The van der Waals surface area contributed by atoms with Gasteiger partial charge >= 0.3 is 0 Å². The third-order valence-corrected chi connectivity index (χ3v) is 7.63. The van der Waals surface area contributed by atoms with Crippen LogP contribution in [0.1, 0.15) is 32.1 Å². The number of thiophene rings is 1. The smallest absolute Gasteiger partial charge is 0.246 e. The summed E-state index contributed by atoms with van der Waals surface area (Å²) in [6.07, 6.45) is 2.07. The predicted molar refractivity (Wildman–Crippen MR) is 120 cm³/mol. The van der Waals surface area contributed by atoms with Gasteiger partial charge in [-0.15, -0.1) is 0 Å². The Morgan fingerprint density at radius 2 is 2.09 bits per heavy atom. The highest BCUT2D eigenvalue weighted by molar-refractivity contribution is 7.89. The van der Waals surface area contributed by atoms with Crippen LogP contribution in [-0.2, 0) is 21.2 Å². The Bertz CT molecular complexity index is 1170. The van der Waals surface area contributed by atoms with Gasteiger partial charge < -0.3 is 14.6 Å². The number of benzene rings is 1. The normalized spacial score (nSPS) is 14.5. The van der Waals surface area contributed by atoms with E-state index in [4.69, 9.17) is 9.26 Å². The van der Waals surface area contributed by atoms with Gasteiger partial charge in [-0.3, -0.25) is 4.79 Å². The SMILES string of the molecule is CCOc1ccc(NC(=O)CCc2nc(-c3ccsc3)no2)cc1S(=O)(=O)N1CCCC1. The van der Waals surface area contributed by atoms with Crippen LogP contribution in [0.3, 0.4) is 0 Å². The van der Waals surface area contributed by atoms with Gasteiger partial charge in [0.05, 0.1) is 6.61 Å². The van der Waals surface area contributed by atoms with Crippen molar-refractivity contribution in [2.45, 2.75) is 37.5 Å². The molecular weight excluding hydrogens is 452 g/mol. The minimum absolute atomic E-state index is 0.0661. The Morgan fingerprint density at radius 3 is 2.81 bits per heavy atom. The van der Waals surface area contributed by atoms with E-state index in [1.165, 1.54) is 21.7 Å². The zero-order valence-electron chi connectivity index (χ0n) is 17.6. The lowest BCUT2D eigenvalue weighted by molar-refractivity contribution is -0.116. The number of nitrogens with zero attached hydrogens (tertiary/aromatic N) is 3. The number of nitrogens with one attached hydrogen (secondary N) is 1. The summed E-state index contributed by atoms with van der Waals surface area (Å²) in [5.74, 6) is 0.855. The molecule has 3 heterocycles. The number of hydrogen-bond acceptors (Lipinski definition) is 8. The predicted octanol–water partition coefficient (Wildman–Crippen LogP) is 3.55. The summed E-state index contributed by atoms with van der Waals surface area (Å²) < 4.78 is 38.4. The highest BCUT2D eigenvalue weighted by atomic mass is 32.2. The Balaban J connectivity index is 1.43. The summed E-state index contributed by atoms with van der Waals surface area (Å²) in [7, 11) is -3.70. The average Bonchev–Trinajstić information content (AvgIpc) is 3.56. The quantitative estimate of drug-likeness (QED) is 0.502. The molecule has 1 aliphatic rings. The van der Waals surface area contributed by atoms with Gasteiger partial charge in [-0.25, -0.2) is 8.42 Å². The van der Waals surface area contributed by atoms with Gasteiger partial charge in [0, 0.05) is 42.6 Å². The van der Waals surface area contributed by atoms with Crippen LogP contribution in [0.4, 0.5) is 5.69 Å². The maximum Gasteiger partial charge on any atom is 0.246 e. The maximum absolute atomic E-state index is 13.1. The Kier molecular flexibility index (Phi) is 6.87. The van der Waals surface area contributed by atoms with Crippen molar-refractivity contribution < 1.29 is 22.5 Å². The van der Waals surface area contributed by atoms with E-state index in [9.17, 15) is 13.2 Å². The molecule has 1 aromatic carbocycles. The molecule has 1 N–H and O–H groups in total. The first-order valence-electron chi connectivity index (χ1n) is 10.4. The third kappa shape index (κ3) is 5.00. The van der Waals surface area contributed by atoms with Gasteiger partial charge in [-0.2, -0.15) is 20.6 Å². The number of aryl methyl sites for hydroxylation is 1. The molecule has 1 aliphatic heterocycles. The van der Waals surface area contributed by atoms with E-state index < -0.39 is 10.0 Å². The van der Waals surface area contributed by atoms with E-state index in [-0.39, 0.29) is 29.4 Å². The van der Waals surface area contributed by atoms with Crippen LogP contribution in [0.25, 0.3) is 11.4 Å². The van der Waals surface area contributed by atoms with Crippen LogP contribution in [0.15, 0.2) is 44.4 Å². The van der Waals surface area contributed by atoms with E-state index in [0.717, 1.165) is 18.4 Å². The number of sulfonamides is 1. The first-order chi connectivity index (χ1) is 15.5. The molecule has 32 heavy (non-hydrogen) atoms. The Labute approximate surface area is 190 Å². The fourth-order valence-electron chi connectivity index (χ4n) is 3.44. The van der Waals surface area contributed by atoms with Crippen molar-refractivity contribution in [1.29, 1.82) is 0 Å². The molecule has 0 radical (unpaired) electrons. The van der Waals surface area contributed by atoms with Crippen molar-refractivity contribution in [3.05, 3.63) is 40.9 Å². The van der Waals surface area contributed by atoms with Crippen LogP contribution in [0, 0.1) is 0 Å². The van der Waals surface area contributed by atoms with Crippen LogP contribution in [-0.4, -0.2) is 48.5 Å². The molecule has 1 saturated heterocycles. The zero-order valence-corrected chi connectivity index (χ0v) is 19.2. The third-order valence-electron chi connectivity index (χ3n) is 5.02. The molecule has 170 valence electrons. The molecule has 9 nitrogen and oxygen atoms in total. The highest BCUT2D eigenvalue weighted by Gasteiger charge is 2.30. The molecule has 2 aromatic heterocycles. The van der Waals surface area contributed by atoms with Crippen molar-refractivity contribution in [3.8, 4) is 17.1 Å². The van der Waals surface area contributed by atoms with Crippen molar-refractivity contribution in [3.63, 3.8) is 0 Å². The number of carbonyl (C=O) groups is 1. The molecule has 0 aliphatic carbocycles. The molecule has 0 bridgehead atoms. The standard InChI is InChI=1S/C21H24N4O5S2/c1-2-29-17-6-5-16(13-18(17)32(27,28)25-10-3-4-11-25)22-19(26)7-8-20-23-21(24-30-20)15-9-12-31-14-15/h5-6,9,12-14H,2-4,7-8,10-11H2,1H3,(H,22,26). The lowest BCUT2D eigenvalue weighted by Crippen LogP contribution is -2.28. The van der Waals surface area contributed by atoms with Gasteiger partial charge in [0.15, 0.2) is 0 Å². The molecule has 0 saturated carbocycles. The monoisotopic (exact) mass is 476 g/mol. The summed E-state index contributed by atoms with van der Waals surface area (Å²) in [4.78, 5) is 16.8. The van der Waals surface area contributed by atoms with Crippen molar-refractivity contribution in [2.24, 2.45) is 0 Å². The van der Waals surface area contributed by atoms with Crippen LogP contribution in [0.2, 0.25) is 0 Å². The lowest BCUT2D eigenvalue weighted by Gasteiger charge is -2.19. The molecule has 4 rings (SSSR count). The van der Waals surface area contributed by atoms with Crippen LogP contribution < -0.4 is 10.1 Å². The minimum Gasteiger partial charge on any atom is -0.492 e. The van der Waals surface area contributed by atoms with Crippen LogP contribution >= 0.6 is 11.3 Å². The van der Waals surface area contributed by atoms with E-state index >= 15 is 0 Å². The van der Waals surface area contributed by atoms with E-state index in [0.29, 0.717) is 37.1 Å².